The molecule has 0 N–H and O–H groups in total. The van der Waals surface area contributed by atoms with Gasteiger partial charge in [-0.3, -0.25) is 0 Å². The highest BCUT2D eigenvalue weighted by Crippen LogP contribution is 2.42. The van der Waals surface area contributed by atoms with E-state index in [0.717, 1.165) is 72.1 Å². The molecule has 0 saturated heterocycles. The molecule has 0 atom stereocenters. The molecule has 10 aromatic rings. The number of fused-ring (bicyclic) bond motifs is 9. The van der Waals surface area contributed by atoms with Gasteiger partial charge in [-0.25, -0.2) is 0 Å². The van der Waals surface area contributed by atoms with Crippen LogP contribution in [0.4, 0.5) is 17.1 Å². The van der Waals surface area contributed by atoms with Crippen molar-refractivity contribution in [3.63, 3.8) is 0 Å². The molecular formula is C44H27NO2. The van der Waals surface area contributed by atoms with Gasteiger partial charge >= 0.3 is 0 Å². The van der Waals surface area contributed by atoms with Crippen LogP contribution < -0.4 is 4.90 Å². The molecule has 10 rings (SSSR count). The molecule has 0 fully saturated rings. The standard InChI is InChI=1S/C44H27NO2/c1-2-9-34-28(8-1)16-17-30-20-23-32(26-39(30)34)45(33-24-25-37-36-10-3-5-13-40(36)47-43(37)27-33)31-21-18-29(19-22-31)35-12-7-15-42-44(35)38-11-4-6-14-41(38)46-42/h1-27H. The highest BCUT2D eigenvalue weighted by Gasteiger charge is 2.18. The van der Waals surface area contributed by atoms with Crippen molar-refractivity contribution in [1.82, 2.24) is 0 Å². The van der Waals surface area contributed by atoms with Crippen molar-refractivity contribution in [1.29, 1.82) is 0 Å². The lowest BCUT2D eigenvalue weighted by atomic mass is 9.98. The van der Waals surface area contributed by atoms with Gasteiger partial charge in [0.05, 0.1) is 0 Å². The van der Waals surface area contributed by atoms with E-state index in [9.17, 15) is 0 Å². The minimum Gasteiger partial charge on any atom is -0.456 e. The van der Waals surface area contributed by atoms with Gasteiger partial charge in [-0.1, -0.05) is 103 Å². The van der Waals surface area contributed by atoms with Crippen LogP contribution in [0, 0.1) is 0 Å². The van der Waals surface area contributed by atoms with Crippen LogP contribution >= 0.6 is 0 Å². The van der Waals surface area contributed by atoms with Gasteiger partial charge in [0.2, 0.25) is 0 Å². The summed E-state index contributed by atoms with van der Waals surface area (Å²) in [6.45, 7) is 0. The minimum atomic E-state index is 0.870. The first-order chi connectivity index (χ1) is 23.3. The fourth-order valence-corrected chi connectivity index (χ4v) is 7.24. The van der Waals surface area contributed by atoms with E-state index in [0.29, 0.717) is 0 Å². The van der Waals surface area contributed by atoms with Crippen molar-refractivity contribution < 1.29 is 8.83 Å². The number of benzene rings is 8. The second-order valence-electron chi connectivity index (χ2n) is 12.1. The first-order valence-electron chi connectivity index (χ1n) is 15.9. The van der Waals surface area contributed by atoms with Crippen molar-refractivity contribution in [3.05, 3.63) is 164 Å². The third kappa shape index (κ3) is 4.07. The molecule has 0 amide bonds. The summed E-state index contributed by atoms with van der Waals surface area (Å²) in [4.78, 5) is 2.32. The SMILES string of the molecule is c1ccc2c(c1)ccc1ccc(N(c3ccc(-c4cccc5oc6ccccc6c45)cc3)c3ccc4c(c3)oc3ccccc34)cc12. The molecule has 0 aliphatic heterocycles. The maximum atomic E-state index is 6.35. The number of nitrogens with zero attached hydrogens (tertiary/aromatic N) is 1. The molecule has 0 saturated carbocycles. The number of para-hydroxylation sites is 2. The van der Waals surface area contributed by atoms with Crippen LogP contribution in [0.1, 0.15) is 0 Å². The average molecular weight is 602 g/mol. The zero-order valence-corrected chi connectivity index (χ0v) is 25.4. The Hall–Kier alpha value is -6.32. The van der Waals surface area contributed by atoms with E-state index >= 15 is 0 Å². The summed E-state index contributed by atoms with van der Waals surface area (Å²) in [5, 5.41) is 9.44. The Morgan fingerprint density at radius 3 is 1.77 bits per heavy atom. The molecule has 47 heavy (non-hydrogen) atoms. The van der Waals surface area contributed by atoms with Crippen LogP contribution in [0.5, 0.6) is 0 Å². The highest BCUT2D eigenvalue weighted by atomic mass is 16.3. The van der Waals surface area contributed by atoms with E-state index < -0.39 is 0 Å². The molecule has 220 valence electrons. The van der Waals surface area contributed by atoms with Crippen LogP contribution in [-0.2, 0) is 0 Å². The summed E-state index contributed by atoms with van der Waals surface area (Å²) < 4.78 is 12.6. The normalized spacial score (nSPS) is 11.8. The quantitative estimate of drug-likeness (QED) is 0.188. The summed E-state index contributed by atoms with van der Waals surface area (Å²) >= 11 is 0. The highest BCUT2D eigenvalue weighted by molar-refractivity contribution is 6.13. The molecular weight excluding hydrogens is 574 g/mol. The molecule has 0 aliphatic carbocycles. The van der Waals surface area contributed by atoms with Gasteiger partial charge in [0.1, 0.15) is 22.3 Å². The topological polar surface area (TPSA) is 29.5 Å². The van der Waals surface area contributed by atoms with E-state index in [2.05, 4.69) is 138 Å². The van der Waals surface area contributed by atoms with Crippen LogP contribution in [0.15, 0.2) is 173 Å². The third-order valence-corrected chi connectivity index (χ3v) is 9.45. The van der Waals surface area contributed by atoms with Crippen molar-refractivity contribution in [2.24, 2.45) is 0 Å². The summed E-state index contributed by atoms with van der Waals surface area (Å²) in [5.41, 5.74) is 9.05. The summed E-state index contributed by atoms with van der Waals surface area (Å²) in [5.74, 6) is 0. The molecule has 2 heterocycles. The minimum absolute atomic E-state index is 0.870. The predicted octanol–water partition coefficient (Wildman–Crippen LogP) is 12.9. The Kier molecular flexibility index (Phi) is 5.57. The van der Waals surface area contributed by atoms with Gasteiger partial charge in [-0.05, 0) is 87.3 Å². The van der Waals surface area contributed by atoms with Crippen molar-refractivity contribution in [2.75, 3.05) is 4.90 Å². The predicted molar refractivity (Wildman–Crippen MR) is 196 cm³/mol. The number of hydrogen-bond donors (Lipinski definition) is 0. The Labute approximate surface area is 270 Å². The van der Waals surface area contributed by atoms with Crippen molar-refractivity contribution in [2.45, 2.75) is 0 Å². The van der Waals surface area contributed by atoms with Gasteiger partial charge in [0.25, 0.3) is 0 Å². The second-order valence-corrected chi connectivity index (χ2v) is 12.1. The second kappa shape index (κ2) is 10.1. The summed E-state index contributed by atoms with van der Waals surface area (Å²) in [6.07, 6.45) is 0. The van der Waals surface area contributed by atoms with Gasteiger partial charge in [0.15, 0.2) is 0 Å². The van der Waals surface area contributed by atoms with E-state index in [4.69, 9.17) is 8.83 Å². The number of rotatable bonds is 4. The molecule has 0 aliphatic rings. The molecule has 2 aromatic heterocycles. The van der Waals surface area contributed by atoms with Gasteiger partial charge in [-0.2, -0.15) is 0 Å². The Bertz CT molecular complexity index is 2800. The lowest BCUT2D eigenvalue weighted by molar-refractivity contribution is 0.668. The lowest BCUT2D eigenvalue weighted by Crippen LogP contribution is -2.09. The smallest absolute Gasteiger partial charge is 0.137 e. The number of anilines is 3. The van der Waals surface area contributed by atoms with Crippen molar-refractivity contribution >= 4 is 82.5 Å². The molecule has 3 nitrogen and oxygen atoms in total. The van der Waals surface area contributed by atoms with Gasteiger partial charge in [-0.15, -0.1) is 0 Å². The summed E-state index contributed by atoms with van der Waals surface area (Å²) in [7, 11) is 0. The molecule has 8 aromatic carbocycles. The first kappa shape index (κ1) is 26.0. The Balaban J connectivity index is 1.16. The van der Waals surface area contributed by atoms with E-state index in [1.165, 1.54) is 21.5 Å². The molecule has 3 heteroatoms. The zero-order chi connectivity index (χ0) is 30.9. The average Bonchev–Trinajstić information content (AvgIpc) is 3.70. The van der Waals surface area contributed by atoms with Crippen LogP contribution in [-0.4, -0.2) is 0 Å². The largest absolute Gasteiger partial charge is 0.456 e. The monoisotopic (exact) mass is 601 g/mol. The number of furan rings is 2. The fraction of sp³-hybridized carbons (Fsp3) is 0. The Morgan fingerprint density at radius 2 is 0.915 bits per heavy atom. The van der Waals surface area contributed by atoms with E-state index in [-0.39, 0.29) is 0 Å². The molecule has 0 unspecified atom stereocenters. The fourth-order valence-electron chi connectivity index (χ4n) is 7.24. The third-order valence-electron chi connectivity index (χ3n) is 9.45. The molecule has 0 bridgehead atoms. The lowest BCUT2D eigenvalue weighted by Gasteiger charge is -2.26. The number of hydrogen-bond acceptors (Lipinski definition) is 3. The van der Waals surface area contributed by atoms with Crippen LogP contribution in [0.3, 0.4) is 0 Å². The van der Waals surface area contributed by atoms with E-state index in [1.807, 2.05) is 30.3 Å². The van der Waals surface area contributed by atoms with Gasteiger partial charge < -0.3 is 13.7 Å². The first-order valence-corrected chi connectivity index (χ1v) is 15.9. The summed E-state index contributed by atoms with van der Waals surface area (Å²) in [6, 6.07) is 58.0. The molecule has 0 radical (unpaired) electrons. The van der Waals surface area contributed by atoms with Crippen molar-refractivity contribution in [3.8, 4) is 11.1 Å². The maximum absolute atomic E-state index is 6.35. The van der Waals surface area contributed by atoms with Crippen LogP contribution in [0.25, 0.3) is 76.5 Å². The molecule has 0 spiro atoms. The van der Waals surface area contributed by atoms with Gasteiger partial charge in [0, 0.05) is 44.7 Å². The van der Waals surface area contributed by atoms with Crippen LogP contribution in [0.2, 0.25) is 0 Å². The zero-order valence-electron chi connectivity index (χ0n) is 25.4. The maximum Gasteiger partial charge on any atom is 0.137 e. The van der Waals surface area contributed by atoms with E-state index in [1.54, 1.807) is 0 Å². The Morgan fingerprint density at radius 1 is 0.340 bits per heavy atom.